The fourth-order valence-corrected chi connectivity index (χ4v) is 3.55. The smallest absolute Gasteiger partial charge is 0.320 e. The molecule has 0 aliphatic carbocycles. The minimum Gasteiger partial charge on any atom is -0.480 e. The highest BCUT2D eigenvalue weighted by Crippen LogP contribution is 2.35. The standard InChI is InChI=1S/C19H19Cl2FN2O4/c1-2-27-18-14(21)7-12(9-23-18)28-17-8-15(22)11(6-13(17)20)10-24-5-3-4-16(24)19(25)26/h6-9,16H,2-5,10H2,1H3,(H,25,26)/t16-/m0/s1. The lowest BCUT2D eigenvalue weighted by Crippen LogP contribution is -2.35. The van der Waals surface area contributed by atoms with E-state index in [4.69, 9.17) is 32.7 Å². The fraction of sp³-hybridized carbons (Fsp3) is 0.368. The van der Waals surface area contributed by atoms with Crippen molar-refractivity contribution in [1.82, 2.24) is 9.88 Å². The SMILES string of the molecule is CCOc1ncc(Oc2cc(F)c(CN3CCC[C@H]3C(=O)O)cc2Cl)cc1Cl. The highest BCUT2D eigenvalue weighted by Gasteiger charge is 2.31. The van der Waals surface area contributed by atoms with Crippen molar-refractivity contribution in [1.29, 1.82) is 0 Å². The number of rotatable bonds is 7. The maximum absolute atomic E-state index is 14.6. The molecule has 28 heavy (non-hydrogen) atoms. The topological polar surface area (TPSA) is 71.9 Å². The van der Waals surface area contributed by atoms with E-state index < -0.39 is 17.8 Å². The normalized spacial score (nSPS) is 16.9. The molecule has 1 atom stereocenters. The van der Waals surface area contributed by atoms with Gasteiger partial charge in [-0.15, -0.1) is 0 Å². The number of hydrogen-bond acceptors (Lipinski definition) is 5. The van der Waals surface area contributed by atoms with Gasteiger partial charge in [0.1, 0.15) is 28.4 Å². The lowest BCUT2D eigenvalue weighted by molar-refractivity contribution is -0.142. The summed E-state index contributed by atoms with van der Waals surface area (Å²) < 4.78 is 25.4. The van der Waals surface area contributed by atoms with Gasteiger partial charge in [0.2, 0.25) is 5.88 Å². The predicted molar refractivity (Wildman–Crippen MR) is 103 cm³/mol. The van der Waals surface area contributed by atoms with E-state index in [1.54, 1.807) is 4.90 Å². The zero-order valence-electron chi connectivity index (χ0n) is 15.1. The fourth-order valence-electron chi connectivity index (χ4n) is 3.12. The Kier molecular flexibility index (Phi) is 6.59. The minimum atomic E-state index is -0.899. The minimum absolute atomic E-state index is 0.112. The van der Waals surface area contributed by atoms with Gasteiger partial charge < -0.3 is 14.6 Å². The molecular formula is C19H19Cl2FN2O4. The van der Waals surface area contributed by atoms with Crippen LogP contribution in [0.2, 0.25) is 10.0 Å². The van der Waals surface area contributed by atoms with Gasteiger partial charge in [-0.2, -0.15) is 0 Å². The quantitative estimate of drug-likeness (QED) is 0.684. The first kappa shape index (κ1) is 20.6. The summed E-state index contributed by atoms with van der Waals surface area (Å²) in [7, 11) is 0. The van der Waals surface area contributed by atoms with Gasteiger partial charge in [0.05, 0.1) is 17.8 Å². The molecule has 1 aromatic carbocycles. The molecule has 1 saturated heterocycles. The molecule has 150 valence electrons. The molecule has 1 aromatic heterocycles. The number of carboxylic acid groups (broad SMARTS) is 1. The molecular weight excluding hydrogens is 410 g/mol. The van der Waals surface area contributed by atoms with E-state index in [0.29, 0.717) is 25.1 Å². The van der Waals surface area contributed by atoms with E-state index in [0.717, 1.165) is 6.42 Å². The molecule has 0 saturated carbocycles. The number of halogens is 3. The van der Waals surface area contributed by atoms with Crippen LogP contribution in [0.25, 0.3) is 0 Å². The van der Waals surface area contributed by atoms with Crippen LogP contribution in [0.15, 0.2) is 24.4 Å². The summed E-state index contributed by atoms with van der Waals surface area (Å²) in [5, 5.41) is 9.73. The molecule has 0 amide bonds. The van der Waals surface area contributed by atoms with E-state index in [1.807, 2.05) is 6.92 Å². The Morgan fingerprint density at radius 2 is 2.14 bits per heavy atom. The number of carboxylic acids is 1. The van der Waals surface area contributed by atoms with Crippen LogP contribution in [0, 0.1) is 5.82 Å². The first-order chi connectivity index (χ1) is 13.4. The molecule has 0 unspecified atom stereocenters. The molecule has 1 aliphatic rings. The van der Waals surface area contributed by atoms with Crippen LogP contribution >= 0.6 is 23.2 Å². The van der Waals surface area contributed by atoms with Gasteiger partial charge >= 0.3 is 5.97 Å². The van der Waals surface area contributed by atoms with Crippen LogP contribution in [-0.4, -0.2) is 40.2 Å². The van der Waals surface area contributed by atoms with Crippen molar-refractivity contribution >= 4 is 29.2 Å². The van der Waals surface area contributed by atoms with Crippen molar-refractivity contribution in [3.63, 3.8) is 0 Å². The maximum Gasteiger partial charge on any atom is 0.320 e. The number of carbonyl (C=O) groups is 1. The molecule has 2 heterocycles. The van der Waals surface area contributed by atoms with Crippen molar-refractivity contribution in [2.75, 3.05) is 13.2 Å². The summed E-state index contributed by atoms with van der Waals surface area (Å²) in [5.74, 6) is -0.749. The first-order valence-electron chi connectivity index (χ1n) is 8.80. The van der Waals surface area contributed by atoms with Gasteiger partial charge in [-0.05, 0) is 32.4 Å². The van der Waals surface area contributed by atoms with E-state index >= 15 is 0 Å². The Hall–Kier alpha value is -2.09. The molecule has 9 heteroatoms. The molecule has 6 nitrogen and oxygen atoms in total. The van der Waals surface area contributed by atoms with Crippen LogP contribution in [0.3, 0.4) is 0 Å². The molecule has 2 aromatic rings. The molecule has 1 fully saturated rings. The highest BCUT2D eigenvalue weighted by molar-refractivity contribution is 6.32. The maximum atomic E-state index is 14.6. The molecule has 0 radical (unpaired) electrons. The third-order valence-corrected chi connectivity index (χ3v) is 4.98. The van der Waals surface area contributed by atoms with Gasteiger partial charge in [-0.1, -0.05) is 23.2 Å². The van der Waals surface area contributed by atoms with E-state index in [2.05, 4.69) is 4.98 Å². The van der Waals surface area contributed by atoms with Gasteiger partial charge in [-0.3, -0.25) is 9.69 Å². The zero-order valence-corrected chi connectivity index (χ0v) is 16.6. The van der Waals surface area contributed by atoms with Gasteiger partial charge in [0.15, 0.2) is 0 Å². The van der Waals surface area contributed by atoms with Gasteiger partial charge in [0.25, 0.3) is 0 Å². The Morgan fingerprint density at radius 1 is 1.36 bits per heavy atom. The number of benzene rings is 1. The van der Waals surface area contributed by atoms with E-state index in [1.165, 1.54) is 24.4 Å². The Morgan fingerprint density at radius 3 is 2.82 bits per heavy atom. The second kappa shape index (κ2) is 8.94. The summed E-state index contributed by atoms with van der Waals surface area (Å²) in [4.78, 5) is 17.1. The Labute approximate surface area is 171 Å². The highest BCUT2D eigenvalue weighted by atomic mass is 35.5. The summed E-state index contributed by atoms with van der Waals surface area (Å²) in [6.45, 7) is 3.00. The largest absolute Gasteiger partial charge is 0.480 e. The van der Waals surface area contributed by atoms with E-state index in [9.17, 15) is 14.3 Å². The number of likely N-dealkylation sites (tertiary alicyclic amines) is 1. The third-order valence-electron chi connectivity index (χ3n) is 4.41. The van der Waals surface area contributed by atoms with Crippen molar-refractivity contribution in [3.8, 4) is 17.4 Å². The number of hydrogen-bond donors (Lipinski definition) is 1. The third kappa shape index (κ3) is 4.66. The molecule has 0 bridgehead atoms. The molecule has 1 N–H and O–H groups in total. The van der Waals surface area contributed by atoms with Crippen LogP contribution in [0.4, 0.5) is 4.39 Å². The molecule has 0 spiro atoms. The monoisotopic (exact) mass is 428 g/mol. The van der Waals surface area contributed by atoms with Crippen molar-refractivity contribution < 1.29 is 23.8 Å². The number of nitrogens with zero attached hydrogens (tertiary/aromatic N) is 2. The number of aliphatic carboxylic acids is 1. The average molecular weight is 429 g/mol. The summed E-state index contributed by atoms with van der Waals surface area (Å²) in [5.41, 5.74) is 0.313. The predicted octanol–water partition coefficient (Wildman–Crippen LogP) is 4.77. The molecule has 1 aliphatic heterocycles. The van der Waals surface area contributed by atoms with Crippen LogP contribution < -0.4 is 9.47 Å². The Bertz CT molecular complexity index is 881. The molecule has 3 rings (SSSR count). The summed E-state index contributed by atoms with van der Waals surface area (Å²) >= 11 is 12.3. The zero-order chi connectivity index (χ0) is 20.3. The van der Waals surface area contributed by atoms with Gasteiger partial charge in [-0.25, -0.2) is 9.37 Å². The van der Waals surface area contributed by atoms with Crippen LogP contribution in [0.5, 0.6) is 17.4 Å². The average Bonchev–Trinajstić information content (AvgIpc) is 3.10. The number of ether oxygens (including phenoxy) is 2. The second-order valence-electron chi connectivity index (χ2n) is 6.33. The van der Waals surface area contributed by atoms with Crippen molar-refractivity contribution in [2.45, 2.75) is 32.4 Å². The van der Waals surface area contributed by atoms with Crippen molar-refractivity contribution in [3.05, 3.63) is 45.8 Å². The summed E-state index contributed by atoms with van der Waals surface area (Å²) in [6, 6.07) is 3.52. The summed E-state index contributed by atoms with van der Waals surface area (Å²) in [6.07, 6.45) is 2.72. The van der Waals surface area contributed by atoms with Crippen LogP contribution in [0.1, 0.15) is 25.3 Å². The van der Waals surface area contributed by atoms with Crippen molar-refractivity contribution in [2.24, 2.45) is 0 Å². The second-order valence-corrected chi connectivity index (χ2v) is 7.15. The number of pyridine rings is 1. The number of aromatic nitrogens is 1. The lowest BCUT2D eigenvalue weighted by Gasteiger charge is -2.21. The Balaban J connectivity index is 1.76. The van der Waals surface area contributed by atoms with E-state index in [-0.39, 0.29) is 34.0 Å². The first-order valence-corrected chi connectivity index (χ1v) is 9.55. The van der Waals surface area contributed by atoms with Crippen LogP contribution in [-0.2, 0) is 11.3 Å². The lowest BCUT2D eigenvalue weighted by atomic mass is 10.1. The van der Waals surface area contributed by atoms with Gasteiger partial charge in [0, 0.05) is 24.2 Å².